The van der Waals surface area contributed by atoms with Crippen molar-refractivity contribution < 1.29 is 0 Å². The Morgan fingerprint density at radius 3 is 2.70 bits per heavy atom. The SMILES string of the molecule is CC1(N)CCN(c2nc3n[nH]c(-c4cccc(Cl)c4Cl)c3nc2C#N)CC1. The molecule has 1 aliphatic heterocycles. The minimum atomic E-state index is -0.191. The zero-order chi connectivity index (χ0) is 19.2. The Balaban J connectivity index is 1.80. The first kappa shape index (κ1) is 18.0. The number of nitrogens with zero attached hydrogens (tertiary/aromatic N) is 5. The van der Waals surface area contributed by atoms with Gasteiger partial charge in [-0.05, 0) is 25.8 Å². The molecule has 0 radical (unpaired) electrons. The molecule has 1 saturated heterocycles. The fourth-order valence-electron chi connectivity index (χ4n) is 3.23. The third-order valence-electron chi connectivity index (χ3n) is 4.90. The lowest BCUT2D eigenvalue weighted by Gasteiger charge is -2.37. The van der Waals surface area contributed by atoms with Crippen molar-refractivity contribution in [2.75, 3.05) is 18.0 Å². The number of piperidine rings is 1. The molecule has 27 heavy (non-hydrogen) atoms. The summed E-state index contributed by atoms with van der Waals surface area (Å²) in [4.78, 5) is 11.2. The maximum Gasteiger partial charge on any atom is 0.202 e. The van der Waals surface area contributed by atoms with E-state index >= 15 is 0 Å². The van der Waals surface area contributed by atoms with Gasteiger partial charge in [-0.25, -0.2) is 9.97 Å². The highest BCUT2D eigenvalue weighted by Crippen LogP contribution is 2.36. The fraction of sp³-hybridized carbons (Fsp3) is 0.333. The minimum Gasteiger partial charge on any atom is -0.354 e. The number of aromatic nitrogens is 4. The number of nitriles is 1. The molecule has 3 aromatic rings. The molecule has 0 aliphatic carbocycles. The van der Waals surface area contributed by atoms with Gasteiger partial charge in [-0.15, -0.1) is 0 Å². The van der Waals surface area contributed by atoms with E-state index in [2.05, 4.69) is 26.2 Å². The summed E-state index contributed by atoms with van der Waals surface area (Å²) < 4.78 is 0. The summed E-state index contributed by atoms with van der Waals surface area (Å²) in [5.74, 6) is 0.538. The molecule has 0 atom stereocenters. The summed E-state index contributed by atoms with van der Waals surface area (Å²) in [6, 6.07) is 7.47. The summed E-state index contributed by atoms with van der Waals surface area (Å²) in [5, 5.41) is 17.6. The number of nitrogens with two attached hydrogens (primary N) is 1. The van der Waals surface area contributed by atoms with Gasteiger partial charge in [-0.2, -0.15) is 10.4 Å². The van der Waals surface area contributed by atoms with Crippen LogP contribution in [0.25, 0.3) is 22.4 Å². The van der Waals surface area contributed by atoms with E-state index in [9.17, 15) is 5.26 Å². The average molecular weight is 402 g/mol. The van der Waals surface area contributed by atoms with Crippen LogP contribution in [0.5, 0.6) is 0 Å². The predicted molar refractivity (Wildman–Crippen MR) is 106 cm³/mol. The largest absolute Gasteiger partial charge is 0.354 e. The zero-order valence-corrected chi connectivity index (χ0v) is 16.1. The summed E-state index contributed by atoms with van der Waals surface area (Å²) in [7, 11) is 0. The van der Waals surface area contributed by atoms with Gasteiger partial charge in [0, 0.05) is 24.2 Å². The van der Waals surface area contributed by atoms with Crippen molar-refractivity contribution in [3.8, 4) is 17.3 Å². The number of halogens is 2. The van der Waals surface area contributed by atoms with Gasteiger partial charge in [0.15, 0.2) is 11.5 Å². The van der Waals surface area contributed by atoms with Gasteiger partial charge >= 0.3 is 0 Å². The number of rotatable bonds is 2. The fourth-order valence-corrected chi connectivity index (χ4v) is 3.63. The van der Waals surface area contributed by atoms with E-state index in [1.165, 1.54) is 0 Å². The van der Waals surface area contributed by atoms with E-state index in [1.54, 1.807) is 12.1 Å². The third-order valence-corrected chi connectivity index (χ3v) is 5.72. The van der Waals surface area contributed by atoms with Crippen molar-refractivity contribution >= 4 is 40.2 Å². The van der Waals surface area contributed by atoms with E-state index < -0.39 is 0 Å². The highest BCUT2D eigenvalue weighted by molar-refractivity contribution is 6.43. The summed E-state index contributed by atoms with van der Waals surface area (Å²) in [6.07, 6.45) is 1.64. The predicted octanol–water partition coefficient (Wildman–Crippen LogP) is 3.52. The second-order valence-corrected chi connectivity index (χ2v) is 7.81. The molecule has 0 unspecified atom stereocenters. The van der Waals surface area contributed by atoms with Crippen LogP contribution < -0.4 is 10.6 Å². The van der Waals surface area contributed by atoms with Crippen LogP contribution in [0, 0.1) is 11.3 Å². The smallest absolute Gasteiger partial charge is 0.202 e. The quantitative estimate of drug-likeness (QED) is 0.679. The van der Waals surface area contributed by atoms with E-state index in [-0.39, 0.29) is 11.2 Å². The molecule has 1 aliphatic rings. The van der Waals surface area contributed by atoms with Crippen LogP contribution >= 0.6 is 23.2 Å². The second-order valence-electron chi connectivity index (χ2n) is 7.02. The number of benzene rings is 1. The molecule has 4 rings (SSSR count). The summed E-state index contributed by atoms with van der Waals surface area (Å²) in [5.41, 5.74) is 8.43. The van der Waals surface area contributed by atoms with Crippen LogP contribution in [0.3, 0.4) is 0 Å². The lowest BCUT2D eigenvalue weighted by atomic mass is 9.91. The first-order valence-corrected chi connectivity index (χ1v) is 9.30. The second kappa shape index (κ2) is 6.64. The average Bonchev–Trinajstić information content (AvgIpc) is 3.05. The van der Waals surface area contributed by atoms with Gasteiger partial charge in [0.25, 0.3) is 0 Å². The van der Waals surface area contributed by atoms with Crippen LogP contribution in [-0.4, -0.2) is 38.8 Å². The van der Waals surface area contributed by atoms with Crippen LogP contribution in [0.15, 0.2) is 18.2 Å². The Morgan fingerprint density at radius 1 is 1.26 bits per heavy atom. The molecule has 1 fully saturated rings. The highest BCUT2D eigenvalue weighted by Gasteiger charge is 2.29. The van der Waals surface area contributed by atoms with Gasteiger partial charge in [0.2, 0.25) is 5.65 Å². The van der Waals surface area contributed by atoms with Crippen molar-refractivity contribution in [1.82, 2.24) is 20.2 Å². The molecule has 3 heterocycles. The molecule has 1 aromatic carbocycles. The number of H-pyrrole nitrogens is 1. The highest BCUT2D eigenvalue weighted by atomic mass is 35.5. The summed E-state index contributed by atoms with van der Waals surface area (Å²) in [6.45, 7) is 3.48. The normalized spacial score (nSPS) is 16.5. The van der Waals surface area contributed by atoms with E-state index in [0.717, 1.165) is 25.9 Å². The molecule has 7 nitrogen and oxygen atoms in total. The number of anilines is 1. The van der Waals surface area contributed by atoms with Crippen molar-refractivity contribution in [1.29, 1.82) is 5.26 Å². The van der Waals surface area contributed by atoms with Crippen molar-refractivity contribution in [2.45, 2.75) is 25.3 Å². The molecular weight excluding hydrogens is 385 g/mol. The van der Waals surface area contributed by atoms with E-state index in [4.69, 9.17) is 28.9 Å². The van der Waals surface area contributed by atoms with Crippen LogP contribution in [-0.2, 0) is 0 Å². The standard InChI is InChI=1S/C18H17Cl2N7/c1-18(22)5-7-27(8-6-18)17-12(9-21)23-15-14(25-26-16(15)24-17)10-3-2-4-11(19)13(10)20/h2-4H,5-8,22H2,1H3,(H,24,25,26). The van der Waals surface area contributed by atoms with Gasteiger partial charge in [0.1, 0.15) is 11.6 Å². The number of hydrogen-bond acceptors (Lipinski definition) is 6. The Labute approximate surface area is 166 Å². The van der Waals surface area contributed by atoms with Gasteiger partial charge < -0.3 is 10.6 Å². The first-order valence-electron chi connectivity index (χ1n) is 8.54. The number of aromatic amines is 1. The van der Waals surface area contributed by atoms with Crippen LogP contribution in [0.2, 0.25) is 10.0 Å². The summed E-state index contributed by atoms with van der Waals surface area (Å²) >= 11 is 12.4. The molecule has 2 aromatic heterocycles. The molecule has 3 N–H and O–H groups in total. The molecule has 0 spiro atoms. The third kappa shape index (κ3) is 3.21. The Hall–Kier alpha value is -2.40. The Kier molecular flexibility index (Phi) is 4.42. The van der Waals surface area contributed by atoms with Gasteiger partial charge in [0.05, 0.1) is 15.7 Å². The van der Waals surface area contributed by atoms with Gasteiger partial charge in [-0.3, -0.25) is 5.10 Å². The lowest BCUT2D eigenvalue weighted by Crippen LogP contribution is -2.48. The molecule has 0 bridgehead atoms. The molecule has 0 amide bonds. The molecule has 0 saturated carbocycles. The van der Waals surface area contributed by atoms with Crippen LogP contribution in [0.4, 0.5) is 5.82 Å². The van der Waals surface area contributed by atoms with Crippen LogP contribution in [0.1, 0.15) is 25.5 Å². The lowest BCUT2D eigenvalue weighted by molar-refractivity contribution is 0.363. The minimum absolute atomic E-state index is 0.191. The monoisotopic (exact) mass is 401 g/mol. The number of fused-ring (bicyclic) bond motifs is 1. The molecule has 9 heteroatoms. The molecular formula is C18H17Cl2N7. The molecule has 138 valence electrons. The van der Waals surface area contributed by atoms with Crippen molar-refractivity contribution in [3.05, 3.63) is 33.9 Å². The maximum atomic E-state index is 9.63. The van der Waals surface area contributed by atoms with E-state index in [0.29, 0.717) is 38.3 Å². The topological polar surface area (TPSA) is 108 Å². The van der Waals surface area contributed by atoms with Crippen molar-refractivity contribution in [2.24, 2.45) is 5.73 Å². The first-order chi connectivity index (χ1) is 12.9. The number of hydrogen-bond donors (Lipinski definition) is 2. The Bertz CT molecular complexity index is 1060. The number of nitrogens with one attached hydrogen (secondary N) is 1. The maximum absolute atomic E-state index is 9.63. The Morgan fingerprint density at radius 2 is 2.00 bits per heavy atom. The van der Waals surface area contributed by atoms with Crippen molar-refractivity contribution in [3.63, 3.8) is 0 Å². The zero-order valence-electron chi connectivity index (χ0n) is 14.6. The van der Waals surface area contributed by atoms with E-state index in [1.807, 2.05) is 17.9 Å². The van der Waals surface area contributed by atoms with Gasteiger partial charge in [-0.1, -0.05) is 35.3 Å².